The summed E-state index contributed by atoms with van der Waals surface area (Å²) in [6, 6.07) is 0.503. The summed E-state index contributed by atoms with van der Waals surface area (Å²) in [5.41, 5.74) is 0. The van der Waals surface area contributed by atoms with Crippen LogP contribution in [0.25, 0.3) is 0 Å². The topological polar surface area (TPSA) is 79.8 Å². The van der Waals surface area contributed by atoms with Crippen molar-refractivity contribution in [2.75, 3.05) is 37.8 Å². The lowest BCUT2D eigenvalue weighted by molar-refractivity contribution is 0.186. The fourth-order valence-corrected chi connectivity index (χ4v) is 7.25. The molecule has 4 fully saturated rings. The first-order chi connectivity index (χ1) is 13.1. The molecule has 2 saturated carbocycles. The molecule has 2 aliphatic carbocycles. The quantitative estimate of drug-likeness (QED) is 0.548. The van der Waals surface area contributed by atoms with Crippen LogP contribution in [0.2, 0.25) is 0 Å². The maximum atomic E-state index is 11.7. The zero-order valence-corrected chi connectivity index (χ0v) is 17.2. The van der Waals surface area contributed by atoms with Gasteiger partial charge in [0.25, 0.3) is 0 Å². The van der Waals surface area contributed by atoms with Crippen molar-refractivity contribution in [2.45, 2.75) is 57.4 Å². The Kier molecular flexibility index (Phi) is 6.27. The second-order valence-electron chi connectivity index (χ2n) is 9.17. The number of nitrogens with zero attached hydrogens (tertiary/aromatic N) is 1. The van der Waals surface area contributed by atoms with Gasteiger partial charge in [0.2, 0.25) is 0 Å². The predicted octanol–water partition coefficient (Wildman–Crippen LogP) is 1.96. The van der Waals surface area contributed by atoms with Crippen LogP contribution in [0.1, 0.15) is 51.4 Å². The average Bonchev–Trinajstić information content (AvgIpc) is 3.38. The number of rotatable bonds is 5. The van der Waals surface area contributed by atoms with Gasteiger partial charge in [-0.15, -0.1) is 0 Å². The van der Waals surface area contributed by atoms with Gasteiger partial charge in [-0.1, -0.05) is 19.3 Å². The molecule has 4 aliphatic rings. The summed E-state index contributed by atoms with van der Waals surface area (Å²) in [5.74, 6) is 4.08. The molecule has 0 spiro atoms. The van der Waals surface area contributed by atoms with Gasteiger partial charge in [-0.05, 0) is 49.9 Å². The van der Waals surface area contributed by atoms with E-state index in [1.807, 2.05) is 0 Å². The maximum Gasteiger partial charge on any atom is 0.191 e. The van der Waals surface area contributed by atoms with Gasteiger partial charge < -0.3 is 15.4 Å². The van der Waals surface area contributed by atoms with Gasteiger partial charge in [-0.25, -0.2) is 8.42 Å². The van der Waals surface area contributed by atoms with Gasteiger partial charge in [0.15, 0.2) is 15.8 Å². The number of aliphatic imine (C=N–C) groups is 1. The van der Waals surface area contributed by atoms with Crippen LogP contribution in [0.5, 0.6) is 0 Å². The molecule has 154 valence electrons. The molecule has 2 aliphatic heterocycles. The normalized spacial score (nSPS) is 38.7. The highest BCUT2D eigenvalue weighted by atomic mass is 32.2. The number of hydrogen-bond acceptors (Lipinski definition) is 4. The highest BCUT2D eigenvalue weighted by Crippen LogP contribution is 2.42. The minimum atomic E-state index is -2.83. The van der Waals surface area contributed by atoms with E-state index in [9.17, 15) is 8.42 Å². The monoisotopic (exact) mass is 397 g/mol. The zero-order valence-electron chi connectivity index (χ0n) is 16.4. The molecule has 2 saturated heterocycles. The van der Waals surface area contributed by atoms with Crippen molar-refractivity contribution >= 4 is 15.8 Å². The summed E-state index contributed by atoms with van der Waals surface area (Å²) in [7, 11) is -2.83. The first-order valence-electron chi connectivity index (χ1n) is 10.9. The van der Waals surface area contributed by atoms with Crippen molar-refractivity contribution in [3.63, 3.8) is 0 Å². The Labute approximate surface area is 163 Å². The number of fused-ring (bicyclic) bond motifs is 1. The maximum absolute atomic E-state index is 11.7. The Balaban J connectivity index is 1.33. The number of hydrogen-bond donors (Lipinski definition) is 2. The zero-order chi connectivity index (χ0) is 18.7. The van der Waals surface area contributed by atoms with E-state index in [1.165, 1.54) is 38.5 Å². The van der Waals surface area contributed by atoms with Crippen LogP contribution in [-0.2, 0) is 14.6 Å². The van der Waals surface area contributed by atoms with Gasteiger partial charge in [-0.3, -0.25) is 4.99 Å². The van der Waals surface area contributed by atoms with Crippen LogP contribution in [0, 0.1) is 23.7 Å². The number of sulfone groups is 1. The summed E-state index contributed by atoms with van der Waals surface area (Å²) in [6.45, 7) is 3.17. The van der Waals surface area contributed by atoms with Crippen molar-refractivity contribution in [1.82, 2.24) is 10.6 Å². The summed E-state index contributed by atoms with van der Waals surface area (Å²) in [6.07, 6.45) is 9.90. The Hall–Kier alpha value is -0.820. The molecule has 0 aromatic rings. The van der Waals surface area contributed by atoms with E-state index in [4.69, 9.17) is 9.73 Å². The van der Waals surface area contributed by atoms with E-state index < -0.39 is 9.84 Å². The summed E-state index contributed by atoms with van der Waals surface area (Å²) >= 11 is 0. The third kappa shape index (κ3) is 5.37. The summed E-state index contributed by atoms with van der Waals surface area (Å²) < 4.78 is 28.9. The third-order valence-electron chi connectivity index (χ3n) is 7.05. The molecule has 0 aromatic carbocycles. The second-order valence-corrected chi connectivity index (χ2v) is 11.4. The molecule has 5 unspecified atom stereocenters. The van der Waals surface area contributed by atoms with Crippen molar-refractivity contribution in [2.24, 2.45) is 28.7 Å². The van der Waals surface area contributed by atoms with Gasteiger partial charge >= 0.3 is 0 Å². The van der Waals surface area contributed by atoms with Crippen molar-refractivity contribution in [3.05, 3.63) is 0 Å². The van der Waals surface area contributed by atoms with Gasteiger partial charge in [0.05, 0.1) is 18.1 Å². The molecule has 6 nitrogen and oxygen atoms in total. The molecule has 2 heterocycles. The van der Waals surface area contributed by atoms with Crippen LogP contribution in [0.3, 0.4) is 0 Å². The highest BCUT2D eigenvalue weighted by molar-refractivity contribution is 7.91. The number of ether oxygens (including phenoxy) is 1. The van der Waals surface area contributed by atoms with Crippen LogP contribution in [-0.4, -0.2) is 58.2 Å². The van der Waals surface area contributed by atoms with Gasteiger partial charge in [0.1, 0.15) is 0 Å². The molecule has 0 amide bonds. The molecule has 0 aromatic heterocycles. The molecular weight excluding hydrogens is 362 g/mol. The largest absolute Gasteiger partial charge is 0.381 e. The number of guanidine groups is 1. The molecule has 2 N–H and O–H groups in total. The smallest absolute Gasteiger partial charge is 0.191 e. The van der Waals surface area contributed by atoms with Crippen molar-refractivity contribution in [1.29, 1.82) is 0 Å². The third-order valence-corrected chi connectivity index (χ3v) is 8.88. The van der Waals surface area contributed by atoms with E-state index in [0.717, 1.165) is 50.4 Å². The molecule has 7 heteroatoms. The predicted molar refractivity (Wildman–Crippen MR) is 108 cm³/mol. The Morgan fingerprint density at radius 3 is 2.70 bits per heavy atom. The van der Waals surface area contributed by atoms with Crippen LogP contribution >= 0.6 is 0 Å². The molecule has 4 rings (SSSR count). The average molecular weight is 398 g/mol. The lowest BCUT2D eigenvalue weighted by Gasteiger charge is -2.33. The van der Waals surface area contributed by atoms with Crippen molar-refractivity contribution in [3.8, 4) is 0 Å². The standard InChI is InChI=1S/C20H35N3O3S/c24-27(25)9-7-16(14-27)12-22-20(21-11-15-6-8-26-13-15)23-19-5-4-17-2-1-3-18(17)10-19/h15-19H,1-14H2,(H2,21,22,23). The molecule has 0 bridgehead atoms. The van der Waals surface area contributed by atoms with Gasteiger partial charge in [-0.2, -0.15) is 0 Å². The Morgan fingerprint density at radius 1 is 1.04 bits per heavy atom. The Morgan fingerprint density at radius 2 is 1.93 bits per heavy atom. The first-order valence-corrected chi connectivity index (χ1v) is 12.7. The van der Waals surface area contributed by atoms with E-state index in [2.05, 4.69) is 10.6 Å². The fourth-order valence-electron chi connectivity index (χ4n) is 5.40. The van der Waals surface area contributed by atoms with Gasteiger partial charge in [0, 0.05) is 31.7 Å². The minimum Gasteiger partial charge on any atom is -0.381 e. The second kappa shape index (κ2) is 8.68. The van der Waals surface area contributed by atoms with E-state index in [0.29, 0.717) is 30.0 Å². The van der Waals surface area contributed by atoms with Crippen molar-refractivity contribution < 1.29 is 13.2 Å². The molecule has 5 atom stereocenters. The lowest BCUT2D eigenvalue weighted by atomic mass is 9.79. The van der Waals surface area contributed by atoms with E-state index in [1.54, 1.807) is 0 Å². The summed E-state index contributed by atoms with van der Waals surface area (Å²) in [4.78, 5) is 4.80. The van der Waals surface area contributed by atoms with Crippen LogP contribution in [0.4, 0.5) is 0 Å². The molecule has 0 radical (unpaired) electrons. The first kappa shape index (κ1) is 19.5. The minimum absolute atomic E-state index is 0.175. The lowest BCUT2D eigenvalue weighted by Crippen LogP contribution is -2.47. The molecule has 27 heavy (non-hydrogen) atoms. The van der Waals surface area contributed by atoms with Crippen LogP contribution in [0.15, 0.2) is 4.99 Å². The highest BCUT2D eigenvalue weighted by Gasteiger charge is 2.34. The number of nitrogens with one attached hydrogen (secondary N) is 2. The fraction of sp³-hybridized carbons (Fsp3) is 0.950. The van der Waals surface area contributed by atoms with Crippen LogP contribution < -0.4 is 10.6 Å². The summed E-state index contributed by atoms with van der Waals surface area (Å²) in [5, 5.41) is 7.21. The van der Waals surface area contributed by atoms with E-state index >= 15 is 0 Å². The van der Waals surface area contributed by atoms with E-state index in [-0.39, 0.29) is 5.92 Å². The Bertz CT molecular complexity index is 630. The molecular formula is C20H35N3O3S. The SMILES string of the molecule is O=S1(=O)CCC(CN=C(NCC2CCOC2)NC2CCC3CCCC3C2)C1.